The molecule has 1 nitrogen and oxygen atoms in total. The molecule has 0 aromatic heterocycles. The van der Waals surface area contributed by atoms with Crippen molar-refractivity contribution in [2.75, 3.05) is 0 Å². The summed E-state index contributed by atoms with van der Waals surface area (Å²) >= 11 is 0. The van der Waals surface area contributed by atoms with Gasteiger partial charge in [-0.25, -0.2) is 0 Å². The van der Waals surface area contributed by atoms with Crippen LogP contribution in [0.15, 0.2) is 115 Å². The Balaban J connectivity index is 1.24. The molecule has 39 heavy (non-hydrogen) atoms. The van der Waals surface area contributed by atoms with Crippen LogP contribution in [0.2, 0.25) is 19.6 Å². The van der Waals surface area contributed by atoms with Crippen molar-refractivity contribution < 1.29 is 4.74 Å². The number of rotatable bonds is 3. The standard InChI is InChI=1S/C37H30OSi/c1-39(2,3)29-9-5-8-26(20-29)27-14-18-34-32(21-27)33-22-28(15-19-35(33)38-34)30-16-12-25-11-10-23-6-4-7-24-13-17-31(30)37(25)36(23)24/h4-22,33,35H,1-3H3. The normalized spacial score (nSPS) is 18.4. The molecule has 8 rings (SSSR count). The largest absolute Gasteiger partial charge is 0.485 e. The quantitative estimate of drug-likeness (QED) is 0.168. The molecule has 0 N–H and O–H groups in total. The molecule has 1 heterocycles. The number of ether oxygens (including phenoxy) is 1. The lowest BCUT2D eigenvalue weighted by molar-refractivity contribution is 0.269. The topological polar surface area (TPSA) is 9.23 Å². The minimum Gasteiger partial charge on any atom is -0.485 e. The molecule has 0 radical (unpaired) electrons. The Morgan fingerprint density at radius 2 is 1.38 bits per heavy atom. The van der Waals surface area contributed by atoms with Crippen LogP contribution in [-0.2, 0) is 0 Å². The van der Waals surface area contributed by atoms with Crippen molar-refractivity contribution in [3.05, 3.63) is 126 Å². The molecule has 6 aromatic rings. The maximum absolute atomic E-state index is 6.42. The van der Waals surface area contributed by atoms with E-state index in [1.807, 2.05) is 0 Å². The van der Waals surface area contributed by atoms with Gasteiger partial charge in [-0.3, -0.25) is 0 Å². The van der Waals surface area contributed by atoms with Crippen LogP contribution in [0, 0.1) is 0 Å². The van der Waals surface area contributed by atoms with Gasteiger partial charge in [0, 0.05) is 11.5 Å². The number of allylic oxidation sites excluding steroid dienone is 2. The summed E-state index contributed by atoms with van der Waals surface area (Å²) in [4.78, 5) is 0. The first-order valence-corrected chi connectivity index (χ1v) is 17.4. The van der Waals surface area contributed by atoms with Gasteiger partial charge in [0.2, 0.25) is 0 Å². The zero-order valence-electron chi connectivity index (χ0n) is 22.5. The molecular weight excluding hydrogens is 488 g/mol. The van der Waals surface area contributed by atoms with Gasteiger partial charge in [-0.15, -0.1) is 0 Å². The predicted octanol–water partition coefficient (Wildman–Crippen LogP) is 9.29. The van der Waals surface area contributed by atoms with E-state index >= 15 is 0 Å². The number of hydrogen-bond acceptors (Lipinski definition) is 1. The van der Waals surface area contributed by atoms with Crippen LogP contribution in [0.5, 0.6) is 5.75 Å². The number of benzene rings is 6. The second kappa shape index (κ2) is 8.18. The lowest BCUT2D eigenvalue weighted by Crippen LogP contribution is -2.37. The fourth-order valence-corrected chi connectivity index (χ4v) is 7.80. The summed E-state index contributed by atoms with van der Waals surface area (Å²) in [5, 5.41) is 9.46. The average Bonchev–Trinajstić information content (AvgIpc) is 3.33. The maximum atomic E-state index is 6.42. The summed E-state index contributed by atoms with van der Waals surface area (Å²) in [5.41, 5.74) is 6.42. The highest BCUT2D eigenvalue weighted by Gasteiger charge is 2.34. The fraction of sp³-hybridized carbons (Fsp3) is 0.135. The van der Waals surface area contributed by atoms with Crippen molar-refractivity contribution in [2.45, 2.75) is 31.7 Å². The van der Waals surface area contributed by atoms with Gasteiger partial charge >= 0.3 is 0 Å². The van der Waals surface area contributed by atoms with E-state index in [-0.39, 0.29) is 12.0 Å². The Kier molecular flexibility index (Phi) is 4.78. The summed E-state index contributed by atoms with van der Waals surface area (Å²) in [6, 6.07) is 36.2. The summed E-state index contributed by atoms with van der Waals surface area (Å²) < 4.78 is 6.42. The van der Waals surface area contributed by atoms with E-state index in [1.54, 1.807) is 0 Å². The molecule has 6 aromatic carbocycles. The average molecular weight is 519 g/mol. The lowest BCUT2D eigenvalue weighted by Gasteiger charge is -2.21. The van der Waals surface area contributed by atoms with Gasteiger partial charge in [0.05, 0.1) is 8.07 Å². The molecule has 2 aliphatic rings. The molecule has 0 bridgehead atoms. The van der Waals surface area contributed by atoms with Gasteiger partial charge < -0.3 is 4.74 Å². The minimum atomic E-state index is -1.38. The van der Waals surface area contributed by atoms with Crippen molar-refractivity contribution in [1.82, 2.24) is 0 Å². The Bertz CT molecular complexity index is 1970. The van der Waals surface area contributed by atoms with Crippen molar-refractivity contribution >= 4 is 51.2 Å². The molecular formula is C37H30OSi. The van der Waals surface area contributed by atoms with E-state index in [1.165, 1.54) is 65.3 Å². The zero-order chi connectivity index (χ0) is 26.3. The highest BCUT2D eigenvalue weighted by molar-refractivity contribution is 6.88. The van der Waals surface area contributed by atoms with Crippen molar-refractivity contribution in [3.63, 3.8) is 0 Å². The Hall–Kier alpha value is -4.14. The van der Waals surface area contributed by atoms with Crippen LogP contribution in [-0.4, -0.2) is 14.2 Å². The van der Waals surface area contributed by atoms with Gasteiger partial charge in [-0.2, -0.15) is 0 Å². The van der Waals surface area contributed by atoms with Crippen LogP contribution < -0.4 is 9.92 Å². The second-order valence-electron chi connectivity index (χ2n) is 12.1. The molecule has 1 aliphatic heterocycles. The summed E-state index contributed by atoms with van der Waals surface area (Å²) in [5.74, 6) is 1.21. The molecule has 2 atom stereocenters. The molecule has 0 saturated heterocycles. The van der Waals surface area contributed by atoms with Crippen LogP contribution in [0.25, 0.3) is 49.0 Å². The third-order valence-corrected chi connectivity index (χ3v) is 10.8. The van der Waals surface area contributed by atoms with E-state index in [0.29, 0.717) is 0 Å². The van der Waals surface area contributed by atoms with Crippen molar-refractivity contribution in [1.29, 1.82) is 0 Å². The third kappa shape index (κ3) is 3.52. The monoisotopic (exact) mass is 518 g/mol. The summed E-state index contributed by atoms with van der Waals surface area (Å²) in [6.07, 6.45) is 7.00. The number of hydrogen-bond donors (Lipinski definition) is 0. The first-order valence-electron chi connectivity index (χ1n) is 13.9. The van der Waals surface area contributed by atoms with Crippen LogP contribution >= 0.6 is 0 Å². The third-order valence-electron chi connectivity index (χ3n) is 8.71. The van der Waals surface area contributed by atoms with E-state index in [0.717, 1.165) is 5.75 Å². The SMILES string of the molecule is C[Si](C)(C)c1cccc(-c2ccc3c(c2)C2C=C(c4ccc5ccc6cccc7ccc4c5c67)C=CC2O3)c1. The van der Waals surface area contributed by atoms with Gasteiger partial charge in [0.25, 0.3) is 0 Å². The van der Waals surface area contributed by atoms with E-state index < -0.39 is 8.07 Å². The highest BCUT2D eigenvalue weighted by atomic mass is 28.3. The van der Waals surface area contributed by atoms with Gasteiger partial charge in [0.1, 0.15) is 11.9 Å². The molecule has 0 spiro atoms. The van der Waals surface area contributed by atoms with Gasteiger partial charge in [-0.05, 0) is 72.8 Å². The first kappa shape index (κ1) is 22.8. The van der Waals surface area contributed by atoms with Crippen LogP contribution in [0.3, 0.4) is 0 Å². The molecule has 188 valence electrons. The van der Waals surface area contributed by atoms with Crippen LogP contribution in [0.1, 0.15) is 17.0 Å². The second-order valence-corrected chi connectivity index (χ2v) is 17.2. The van der Waals surface area contributed by atoms with E-state index in [4.69, 9.17) is 4.74 Å². The van der Waals surface area contributed by atoms with Crippen LogP contribution in [0.4, 0.5) is 0 Å². The highest BCUT2D eigenvalue weighted by Crippen LogP contribution is 2.46. The maximum Gasteiger partial charge on any atom is 0.128 e. The van der Waals surface area contributed by atoms with E-state index in [9.17, 15) is 0 Å². The molecule has 1 aliphatic carbocycles. The van der Waals surface area contributed by atoms with Gasteiger partial charge in [-0.1, -0.05) is 122 Å². The Morgan fingerprint density at radius 3 is 2.21 bits per heavy atom. The Labute approximate surface area is 230 Å². The molecule has 0 saturated carbocycles. The predicted molar refractivity (Wildman–Crippen MR) is 169 cm³/mol. The van der Waals surface area contributed by atoms with E-state index in [2.05, 4.69) is 135 Å². The molecule has 2 heteroatoms. The molecule has 0 fully saturated rings. The zero-order valence-corrected chi connectivity index (χ0v) is 23.5. The first-order chi connectivity index (χ1) is 18.9. The summed E-state index contributed by atoms with van der Waals surface area (Å²) in [7, 11) is -1.38. The smallest absolute Gasteiger partial charge is 0.128 e. The Morgan fingerprint density at radius 1 is 0.667 bits per heavy atom. The summed E-state index contributed by atoms with van der Waals surface area (Å²) in [6.45, 7) is 7.23. The van der Waals surface area contributed by atoms with Crippen molar-refractivity contribution in [2.24, 2.45) is 0 Å². The van der Waals surface area contributed by atoms with Crippen molar-refractivity contribution in [3.8, 4) is 16.9 Å². The fourth-order valence-electron chi connectivity index (χ4n) is 6.62. The molecule has 0 amide bonds. The molecule has 2 unspecified atom stereocenters. The minimum absolute atomic E-state index is 0.0482. The van der Waals surface area contributed by atoms with Gasteiger partial charge in [0.15, 0.2) is 0 Å². The number of fused-ring (bicyclic) bond motifs is 3. The lowest BCUT2D eigenvalue weighted by atomic mass is 9.83.